The third-order valence-corrected chi connectivity index (χ3v) is 5.10. The minimum absolute atomic E-state index is 0.633. The van der Waals surface area contributed by atoms with Crippen LogP contribution >= 0.6 is 11.3 Å². The standard InChI is InChI=1S/C16H28N2S/c1-3-9-17-15(10-14-7-5-4-6-8-14)11-16-18-13(2)12-19-16/h12,14-15,17H,3-11H2,1-2H3. The maximum atomic E-state index is 4.63. The Morgan fingerprint density at radius 3 is 2.79 bits per heavy atom. The largest absolute Gasteiger partial charge is 0.314 e. The fraction of sp³-hybridized carbons (Fsp3) is 0.812. The average molecular weight is 280 g/mol. The fourth-order valence-electron chi connectivity index (χ4n) is 3.12. The molecule has 19 heavy (non-hydrogen) atoms. The summed E-state index contributed by atoms with van der Waals surface area (Å²) in [6.45, 7) is 5.48. The monoisotopic (exact) mass is 280 g/mol. The zero-order chi connectivity index (χ0) is 13.5. The van der Waals surface area contributed by atoms with Gasteiger partial charge in [0.1, 0.15) is 0 Å². The van der Waals surface area contributed by atoms with E-state index in [1.54, 1.807) is 0 Å². The molecule has 0 aliphatic heterocycles. The quantitative estimate of drug-likeness (QED) is 0.804. The summed E-state index contributed by atoms with van der Waals surface area (Å²) in [6.07, 6.45) is 10.9. The Labute approximate surface area is 122 Å². The Morgan fingerprint density at radius 2 is 2.16 bits per heavy atom. The van der Waals surface area contributed by atoms with Crippen molar-refractivity contribution >= 4 is 11.3 Å². The minimum Gasteiger partial charge on any atom is -0.314 e. The fourth-order valence-corrected chi connectivity index (χ4v) is 3.97. The Kier molecular flexibility index (Phi) is 6.32. The first-order valence-electron chi connectivity index (χ1n) is 7.92. The van der Waals surface area contributed by atoms with Crippen molar-refractivity contribution in [3.63, 3.8) is 0 Å². The van der Waals surface area contributed by atoms with E-state index in [1.165, 1.54) is 55.6 Å². The molecule has 1 aromatic heterocycles. The highest BCUT2D eigenvalue weighted by molar-refractivity contribution is 7.09. The molecule has 0 amide bonds. The lowest BCUT2D eigenvalue weighted by atomic mass is 9.84. The van der Waals surface area contributed by atoms with Gasteiger partial charge in [-0.1, -0.05) is 39.0 Å². The lowest BCUT2D eigenvalue weighted by molar-refractivity contribution is 0.296. The van der Waals surface area contributed by atoms with Crippen LogP contribution in [0.25, 0.3) is 0 Å². The van der Waals surface area contributed by atoms with Crippen molar-refractivity contribution in [1.82, 2.24) is 10.3 Å². The molecule has 1 aliphatic carbocycles. The zero-order valence-corrected chi connectivity index (χ0v) is 13.3. The van der Waals surface area contributed by atoms with Crippen molar-refractivity contribution in [1.29, 1.82) is 0 Å². The summed E-state index contributed by atoms with van der Waals surface area (Å²) in [7, 11) is 0. The van der Waals surface area contributed by atoms with Gasteiger partial charge in [-0.2, -0.15) is 0 Å². The van der Waals surface area contributed by atoms with Crippen LogP contribution in [-0.2, 0) is 6.42 Å². The summed E-state index contributed by atoms with van der Waals surface area (Å²) in [5.41, 5.74) is 1.17. The summed E-state index contributed by atoms with van der Waals surface area (Å²) < 4.78 is 0. The van der Waals surface area contributed by atoms with Crippen molar-refractivity contribution < 1.29 is 0 Å². The van der Waals surface area contributed by atoms with Crippen molar-refractivity contribution in [2.45, 2.75) is 71.3 Å². The summed E-state index contributed by atoms with van der Waals surface area (Å²) in [4.78, 5) is 4.63. The van der Waals surface area contributed by atoms with E-state index in [2.05, 4.69) is 29.5 Å². The molecule has 0 aromatic carbocycles. The van der Waals surface area contributed by atoms with Crippen LogP contribution in [0.2, 0.25) is 0 Å². The molecule has 1 heterocycles. The van der Waals surface area contributed by atoms with E-state index < -0.39 is 0 Å². The number of aryl methyl sites for hydroxylation is 1. The zero-order valence-electron chi connectivity index (χ0n) is 12.5. The van der Waals surface area contributed by atoms with Gasteiger partial charge in [-0.15, -0.1) is 11.3 Å². The maximum Gasteiger partial charge on any atom is 0.0943 e. The second-order valence-electron chi connectivity index (χ2n) is 5.98. The molecule has 1 saturated carbocycles. The Morgan fingerprint density at radius 1 is 1.37 bits per heavy atom. The van der Waals surface area contributed by atoms with Crippen molar-refractivity contribution in [3.8, 4) is 0 Å². The summed E-state index contributed by atoms with van der Waals surface area (Å²) in [6, 6.07) is 0.633. The Balaban J connectivity index is 1.86. The third kappa shape index (κ3) is 5.23. The van der Waals surface area contributed by atoms with Gasteiger partial charge in [-0.05, 0) is 32.2 Å². The highest BCUT2D eigenvalue weighted by Crippen LogP contribution is 2.28. The molecular weight excluding hydrogens is 252 g/mol. The molecule has 0 saturated heterocycles. The Bertz CT molecular complexity index is 355. The topological polar surface area (TPSA) is 24.9 Å². The molecule has 1 aromatic rings. The highest BCUT2D eigenvalue weighted by atomic mass is 32.1. The molecule has 3 heteroatoms. The van der Waals surface area contributed by atoms with E-state index >= 15 is 0 Å². The van der Waals surface area contributed by atoms with E-state index in [1.807, 2.05) is 11.3 Å². The van der Waals surface area contributed by atoms with Crippen LogP contribution in [-0.4, -0.2) is 17.6 Å². The first-order chi connectivity index (χ1) is 9.28. The molecule has 1 aliphatic rings. The van der Waals surface area contributed by atoms with Crippen LogP contribution in [0, 0.1) is 12.8 Å². The van der Waals surface area contributed by atoms with E-state index in [0.29, 0.717) is 6.04 Å². The van der Waals surface area contributed by atoms with Crippen LogP contribution in [0.5, 0.6) is 0 Å². The van der Waals surface area contributed by atoms with Gasteiger partial charge >= 0.3 is 0 Å². The highest BCUT2D eigenvalue weighted by Gasteiger charge is 2.19. The predicted octanol–water partition coefficient (Wildman–Crippen LogP) is 4.33. The smallest absolute Gasteiger partial charge is 0.0943 e. The van der Waals surface area contributed by atoms with E-state index in [9.17, 15) is 0 Å². The van der Waals surface area contributed by atoms with Crippen molar-refractivity contribution in [2.75, 3.05) is 6.54 Å². The number of aromatic nitrogens is 1. The van der Waals surface area contributed by atoms with Gasteiger partial charge in [-0.25, -0.2) is 4.98 Å². The van der Waals surface area contributed by atoms with Crippen molar-refractivity contribution in [2.24, 2.45) is 5.92 Å². The van der Waals surface area contributed by atoms with E-state index in [4.69, 9.17) is 0 Å². The second kappa shape index (κ2) is 8.01. The van der Waals surface area contributed by atoms with E-state index in [-0.39, 0.29) is 0 Å². The second-order valence-corrected chi connectivity index (χ2v) is 6.92. The molecule has 1 unspecified atom stereocenters. The van der Waals surface area contributed by atoms with Crippen LogP contribution in [0.1, 0.15) is 62.6 Å². The number of thiazole rings is 1. The summed E-state index contributed by atoms with van der Waals surface area (Å²) in [5.74, 6) is 0.948. The molecule has 108 valence electrons. The molecular formula is C16H28N2S. The van der Waals surface area contributed by atoms with Gasteiger partial charge in [0.2, 0.25) is 0 Å². The first kappa shape index (κ1) is 15.0. The average Bonchev–Trinajstić information content (AvgIpc) is 2.82. The SMILES string of the molecule is CCCNC(Cc1nc(C)cs1)CC1CCCCC1. The number of nitrogens with zero attached hydrogens (tertiary/aromatic N) is 1. The van der Waals surface area contributed by atoms with Crippen LogP contribution in [0.3, 0.4) is 0 Å². The molecule has 2 nitrogen and oxygen atoms in total. The Hall–Kier alpha value is -0.410. The van der Waals surface area contributed by atoms with Crippen LogP contribution in [0.4, 0.5) is 0 Å². The third-order valence-electron chi connectivity index (χ3n) is 4.11. The maximum absolute atomic E-state index is 4.63. The van der Waals surface area contributed by atoms with Gasteiger partial charge in [0.15, 0.2) is 0 Å². The lowest BCUT2D eigenvalue weighted by Gasteiger charge is -2.27. The lowest BCUT2D eigenvalue weighted by Crippen LogP contribution is -2.34. The first-order valence-corrected chi connectivity index (χ1v) is 8.80. The van der Waals surface area contributed by atoms with Gasteiger partial charge in [0.25, 0.3) is 0 Å². The molecule has 1 fully saturated rings. The molecule has 0 radical (unpaired) electrons. The van der Waals surface area contributed by atoms with Gasteiger partial charge in [-0.3, -0.25) is 0 Å². The normalized spacial score (nSPS) is 18.6. The summed E-state index contributed by atoms with van der Waals surface area (Å²) in [5, 5.41) is 7.22. The minimum atomic E-state index is 0.633. The number of hydrogen-bond donors (Lipinski definition) is 1. The van der Waals surface area contributed by atoms with Crippen molar-refractivity contribution in [3.05, 3.63) is 16.1 Å². The molecule has 0 bridgehead atoms. The molecule has 2 rings (SSSR count). The van der Waals surface area contributed by atoms with E-state index in [0.717, 1.165) is 18.9 Å². The summed E-state index contributed by atoms with van der Waals surface area (Å²) >= 11 is 1.82. The predicted molar refractivity (Wildman–Crippen MR) is 83.8 cm³/mol. The number of hydrogen-bond acceptors (Lipinski definition) is 3. The molecule has 0 spiro atoms. The van der Waals surface area contributed by atoms with Crippen LogP contribution in [0.15, 0.2) is 5.38 Å². The van der Waals surface area contributed by atoms with Crippen LogP contribution < -0.4 is 5.32 Å². The van der Waals surface area contributed by atoms with Gasteiger partial charge in [0, 0.05) is 23.5 Å². The van der Waals surface area contributed by atoms with Gasteiger partial charge in [0.05, 0.1) is 5.01 Å². The molecule has 1 N–H and O–H groups in total. The molecule has 1 atom stereocenters. The van der Waals surface area contributed by atoms with Gasteiger partial charge < -0.3 is 5.32 Å². The number of rotatable bonds is 7. The number of nitrogens with one attached hydrogen (secondary N) is 1.